The highest BCUT2D eigenvalue weighted by atomic mass is 32.2. The lowest BCUT2D eigenvalue weighted by molar-refractivity contribution is -0.151. The molecule has 0 aromatic heterocycles. The van der Waals surface area contributed by atoms with Crippen molar-refractivity contribution < 1.29 is 19.5 Å². The van der Waals surface area contributed by atoms with E-state index < -0.39 is 29.3 Å². The number of β-lactam (4-membered cyclic amide) rings is 1. The molecule has 1 aromatic rings. The number of rotatable bonds is 5. The molecular weight excluding hydrogens is 378 g/mol. The Labute approximate surface area is 167 Å². The van der Waals surface area contributed by atoms with Gasteiger partial charge in [0.15, 0.2) is 0 Å². The first-order valence-corrected chi connectivity index (χ1v) is 10.6. The lowest BCUT2D eigenvalue weighted by Gasteiger charge is -2.50. The first-order valence-electron chi connectivity index (χ1n) is 9.51. The van der Waals surface area contributed by atoms with Crippen LogP contribution in [0.5, 0.6) is 0 Å². The van der Waals surface area contributed by atoms with Crippen molar-refractivity contribution in [3.63, 3.8) is 0 Å². The summed E-state index contributed by atoms with van der Waals surface area (Å²) in [5.41, 5.74) is 7.66. The van der Waals surface area contributed by atoms with Gasteiger partial charge in [0, 0.05) is 5.75 Å². The fourth-order valence-corrected chi connectivity index (χ4v) is 5.74. The second kappa shape index (κ2) is 7.60. The second-order valence-corrected chi connectivity index (χ2v) is 8.55. The van der Waals surface area contributed by atoms with Gasteiger partial charge in [-0.3, -0.25) is 14.5 Å². The lowest BCUT2D eigenvalue weighted by Crippen LogP contribution is -2.71. The van der Waals surface area contributed by atoms with Gasteiger partial charge in [-0.15, -0.1) is 11.8 Å². The van der Waals surface area contributed by atoms with Crippen LogP contribution in [-0.2, 0) is 14.4 Å². The Morgan fingerprint density at radius 2 is 1.89 bits per heavy atom. The summed E-state index contributed by atoms with van der Waals surface area (Å²) in [6.45, 7) is 0. The van der Waals surface area contributed by atoms with E-state index in [1.165, 1.54) is 16.7 Å². The molecular formula is C20H23N3O4S. The molecule has 1 aliphatic carbocycles. The number of hydrogen-bond donors (Lipinski definition) is 3. The molecule has 4 N–H and O–H groups in total. The number of thioether (sulfide) groups is 1. The van der Waals surface area contributed by atoms with Crippen LogP contribution < -0.4 is 11.1 Å². The van der Waals surface area contributed by atoms with E-state index in [0.29, 0.717) is 11.3 Å². The summed E-state index contributed by atoms with van der Waals surface area (Å²) in [5.74, 6) is -1.05. The van der Waals surface area contributed by atoms with E-state index in [4.69, 9.17) is 5.73 Å². The van der Waals surface area contributed by atoms with Gasteiger partial charge in [0.2, 0.25) is 5.91 Å². The maximum atomic E-state index is 12.7. The molecule has 4 rings (SSSR count). The normalized spacial score (nSPS) is 25.9. The van der Waals surface area contributed by atoms with Gasteiger partial charge in [0.05, 0.1) is 0 Å². The molecule has 1 saturated carbocycles. The molecule has 2 aliphatic heterocycles. The number of carbonyl (C=O) groups excluding carboxylic acids is 2. The van der Waals surface area contributed by atoms with Crippen molar-refractivity contribution in [3.8, 4) is 0 Å². The van der Waals surface area contributed by atoms with E-state index in [1.54, 1.807) is 24.3 Å². The first kappa shape index (κ1) is 19.0. The predicted octanol–water partition coefficient (Wildman–Crippen LogP) is 1.62. The number of carbonyl (C=O) groups is 3. The van der Waals surface area contributed by atoms with Crippen LogP contribution in [0.3, 0.4) is 0 Å². The molecule has 1 saturated heterocycles. The van der Waals surface area contributed by atoms with Gasteiger partial charge in [-0.25, -0.2) is 4.79 Å². The Kier molecular flexibility index (Phi) is 5.16. The quantitative estimate of drug-likeness (QED) is 0.646. The van der Waals surface area contributed by atoms with Crippen LogP contribution in [-0.4, -0.2) is 45.0 Å². The van der Waals surface area contributed by atoms with Crippen molar-refractivity contribution in [2.24, 2.45) is 11.7 Å². The largest absolute Gasteiger partial charge is 0.477 e. The molecule has 8 heteroatoms. The number of amides is 2. The second-order valence-electron chi connectivity index (χ2n) is 7.44. The molecule has 2 fully saturated rings. The highest BCUT2D eigenvalue weighted by Gasteiger charge is 2.55. The Hall–Kier alpha value is -2.32. The molecule has 148 valence electrons. The Morgan fingerprint density at radius 3 is 2.54 bits per heavy atom. The number of nitrogens with two attached hydrogens (primary N) is 1. The molecule has 0 spiro atoms. The first-order chi connectivity index (χ1) is 13.5. The topological polar surface area (TPSA) is 113 Å². The maximum absolute atomic E-state index is 12.7. The minimum Gasteiger partial charge on any atom is -0.477 e. The molecule has 2 amide bonds. The van der Waals surface area contributed by atoms with E-state index in [0.717, 1.165) is 31.3 Å². The minimum atomic E-state index is -1.06. The van der Waals surface area contributed by atoms with Crippen LogP contribution >= 0.6 is 11.8 Å². The molecule has 1 aromatic carbocycles. The average molecular weight is 401 g/mol. The Balaban J connectivity index is 1.50. The van der Waals surface area contributed by atoms with Crippen LogP contribution in [0.4, 0.5) is 0 Å². The molecule has 3 atom stereocenters. The zero-order valence-corrected chi connectivity index (χ0v) is 16.2. The molecule has 2 heterocycles. The maximum Gasteiger partial charge on any atom is 0.352 e. The fourth-order valence-electron chi connectivity index (χ4n) is 4.28. The standard InChI is InChI=1S/C20H23N3O4S/c21-14(12-8-2-1-3-9-12)17(24)22-15-18(25)23-16(20(26)27)13(10-28-19(15)23)11-6-4-5-7-11/h1-3,8-9,11,14-15,19H,4-7,10,21H2,(H,22,24)(H,26,27)/t14-,15?,19+/m1/s1. The number of carboxylic acids is 1. The number of benzene rings is 1. The molecule has 7 nitrogen and oxygen atoms in total. The number of fused-ring (bicyclic) bond motifs is 1. The van der Waals surface area contributed by atoms with Crippen molar-refractivity contribution in [1.82, 2.24) is 10.2 Å². The lowest BCUT2D eigenvalue weighted by atomic mass is 9.93. The highest BCUT2D eigenvalue weighted by molar-refractivity contribution is 8.00. The van der Waals surface area contributed by atoms with Crippen molar-refractivity contribution in [3.05, 3.63) is 47.2 Å². The molecule has 28 heavy (non-hydrogen) atoms. The fraction of sp³-hybridized carbons (Fsp3) is 0.450. The van der Waals surface area contributed by atoms with Crippen LogP contribution in [0.15, 0.2) is 41.6 Å². The third kappa shape index (κ3) is 3.20. The van der Waals surface area contributed by atoms with E-state index in [1.807, 2.05) is 6.07 Å². The third-order valence-corrected chi connectivity index (χ3v) is 7.09. The van der Waals surface area contributed by atoms with Crippen molar-refractivity contribution in [1.29, 1.82) is 0 Å². The highest BCUT2D eigenvalue weighted by Crippen LogP contribution is 2.45. The molecule has 0 bridgehead atoms. The van der Waals surface area contributed by atoms with E-state index >= 15 is 0 Å². The summed E-state index contributed by atoms with van der Waals surface area (Å²) in [6.07, 6.45) is 4.15. The Bertz CT molecular complexity index is 835. The van der Waals surface area contributed by atoms with Crippen LogP contribution in [0, 0.1) is 5.92 Å². The number of nitrogens with one attached hydrogen (secondary N) is 1. The van der Waals surface area contributed by atoms with Gasteiger partial charge < -0.3 is 16.2 Å². The summed E-state index contributed by atoms with van der Waals surface area (Å²) in [6, 6.07) is 7.32. The van der Waals surface area contributed by atoms with Crippen molar-refractivity contribution in [2.45, 2.75) is 43.1 Å². The third-order valence-electron chi connectivity index (χ3n) is 5.79. The van der Waals surface area contributed by atoms with Crippen molar-refractivity contribution in [2.75, 3.05) is 5.75 Å². The van der Waals surface area contributed by atoms with E-state index in [9.17, 15) is 19.5 Å². The van der Waals surface area contributed by atoms with Crippen LogP contribution in [0.1, 0.15) is 37.3 Å². The summed E-state index contributed by atoms with van der Waals surface area (Å²) < 4.78 is 0. The summed E-state index contributed by atoms with van der Waals surface area (Å²) >= 11 is 1.52. The number of carboxylic acid groups (broad SMARTS) is 1. The van der Waals surface area contributed by atoms with Crippen LogP contribution in [0.25, 0.3) is 0 Å². The van der Waals surface area contributed by atoms with Gasteiger partial charge in [0.1, 0.15) is 23.2 Å². The zero-order valence-electron chi connectivity index (χ0n) is 15.3. The number of aliphatic carboxylic acids is 1. The van der Waals surface area contributed by atoms with E-state index in [-0.39, 0.29) is 17.5 Å². The number of hydrogen-bond acceptors (Lipinski definition) is 5. The Morgan fingerprint density at radius 1 is 1.21 bits per heavy atom. The average Bonchev–Trinajstić information content (AvgIpc) is 3.25. The monoisotopic (exact) mass is 401 g/mol. The smallest absolute Gasteiger partial charge is 0.352 e. The van der Waals surface area contributed by atoms with Gasteiger partial charge in [-0.05, 0) is 29.9 Å². The summed E-state index contributed by atoms with van der Waals surface area (Å²) in [5, 5.41) is 12.1. The molecule has 1 unspecified atom stereocenters. The minimum absolute atomic E-state index is 0.124. The molecule has 0 radical (unpaired) electrons. The number of nitrogens with zero attached hydrogens (tertiary/aromatic N) is 1. The van der Waals surface area contributed by atoms with E-state index in [2.05, 4.69) is 5.32 Å². The van der Waals surface area contributed by atoms with Crippen molar-refractivity contribution >= 4 is 29.5 Å². The predicted molar refractivity (Wildman–Crippen MR) is 105 cm³/mol. The molecule has 3 aliphatic rings. The summed E-state index contributed by atoms with van der Waals surface area (Å²) in [7, 11) is 0. The van der Waals surface area contributed by atoms with Crippen LogP contribution in [0.2, 0.25) is 0 Å². The van der Waals surface area contributed by atoms with Gasteiger partial charge in [-0.2, -0.15) is 0 Å². The SMILES string of the molecule is N[C@@H](C(=O)NC1C(=O)N2C(C(=O)O)=C(C3CCCC3)CS[C@@H]12)c1ccccc1. The van der Waals surface area contributed by atoms with Gasteiger partial charge in [-0.1, -0.05) is 43.2 Å². The van der Waals surface area contributed by atoms with Gasteiger partial charge in [0.25, 0.3) is 5.91 Å². The summed E-state index contributed by atoms with van der Waals surface area (Å²) in [4.78, 5) is 38.5. The zero-order chi connectivity index (χ0) is 19.8. The van der Waals surface area contributed by atoms with Gasteiger partial charge >= 0.3 is 5.97 Å².